The van der Waals surface area contributed by atoms with Crippen LogP contribution in [0.1, 0.15) is 32.3 Å². The third-order valence-electron chi connectivity index (χ3n) is 4.35. The Bertz CT molecular complexity index is 734. The number of carbonyl (C=O) groups excluding carboxylic acids is 1. The predicted molar refractivity (Wildman–Crippen MR) is 100 cm³/mol. The Morgan fingerprint density at radius 2 is 2.15 bits per heavy atom. The summed E-state index contributed by atoms with van der Waals surface area (Å²) in [5.41, 5.74) is 6.18. The number of nitrogens with two attached hydrogens (primary N) is 1. The van der Waals surface area contributed by atoms with E-state index in [1.54, 1.807) is 18.2 Å². The summed E-state index contributed by atoms with van der Waals surface area (Å²) in [4.78, 5) is 12.4. The Kier molecular flexibility index (Phi) is 7.02. The smallest absolute Gasteiger partial charge is 0.243 e. The minimum absolute atomic E-state index is 0.0195. The number of rotatable bonds is 7. The molecule has 0 saturated carbocycles. The number of benzene rings is 1. The second kappa shape index (κ2) is 8.83. The van der Waals surface area contributed by atoms with Gasteiger partial charge in [-0.25, -0.2) is 8.42 Å². The number of nitrogens with zero attached hydrogens (tertiary/aromatic N) is 1. The lowest BCUT2D eigenvalue weighted by molar-refractivity contribution is -0.126. The van der Waals surface area contributed by atoms with Gasteiger partial charge in [-0.1, -0.05) is 0 Å². The summed E-state index contributed by atoms with van der Waals surface area (Å²) in [5.74, 6) is 0.207. The molecule has 0 spiro atoms. The van der Waals surface area contributed by atoms with Crippen LogP contribution in [-0.2, 0) is 14.8 Å². The Hall–Kier alpha value is -1.64. The van der Waals surface area contributed by atoms with Crippen molar-refractivity contribution in [2.24, 2.45) is 11.7 Å². The molecule has 0 aliphatic carbocycles. The fourth-order valence-electron chi connectivity index (χ4n) is 3.03. The molecule has 1 heterocycles. The number of hydrogen-bond acceptors (Lipinski definition) is 5. The lowest BCUT2D eigenvalue weighted by Gasteiger charge is -2.31. The molecule has 1 saturated heterocycles. The first-order valence-corrected chi connectivity index (χ1v) is 10.4. The molecule has 1 aromatic carbocycles. The lowest BCUT2D eigenvalue weighted by Crippen LogP contribution is -2.46. The van der Waals surface area contributed by atoms with Gasteiger partial charge in [0.15, 0.2) is 0 Å². The van der Waals surface area contributed by atoms with E-state index in [1.165, 1.54) is 4.31 Å². The minimum atomic E-state index is -3.64. The first-order valence-electron chi connectivity index (χ1n) is 9.01. The van der Waals surface area contributed by atoms with Gasteiger partial charge in [0.1, 0.15) is 5.75 Å². The van der Waals surface area contributed by atoms with Gasteiger partial charge < -0.3 is 15.8 Å². The van der Waals surface area contributed by atoms with Crippen molar-refractivity contribution in [2.45, 2.75) is 44.6 Å². The Morgan fingerprint density at radius 1 is 1.42 bits per heavy atom. The molecular formula is C18H29N3O4S. The van der Waals surface area contributed by atoms with Crippen LogP contribution in [0, 0.1) is 12.8 Å². The van der Waals surface area contributed by atoms with Gasteiger partial charge in [-0.2, -0.15) is 4.31 Å². The zero-order valence-electron chi connectivity index (χ0n) is 15.7. The summed E-state index contributed by atoms with van der Waals surface area (Å²) < 4.78 is 33.1. The summed E-state index contributed by atoms with van der Waals surface area (Å²) in [6.07, 6.45) is 1.36. The zero-order valence-corrected chi connectivity index (χ0v) is 16.5. The second-order valence-corrected chi connectivity index (χ2v) is 8.81. The second-order valence-electron chi connectivity index (χ2n) is 6.88. The highest BCUT2D eigenvalue weighted by Crippen LogP contribution is 2.27. The van der Waals surface area contributed by atoms with Gasteiger partial charge in [0, 0.05) is 26.2 Å². The van der Waals surface area contributed by atoms with Crippen molar-refractivity contribution in [1.29, 1.82) is 0 Å². The molecule has 26 heavy (non-hydrogen) atoms. The van der Waals surface area contributed by atoms with Crippen LogP contribution in [0.25, 0.3) is 0 Å². The maximum absolute atomic E-state index is 13.0. The molecule has 8 heteroatoms. The Labute approximate surface area is 155 Å². The first-order chi connectivity index (χ1) is 12.3. The molecule has 146 valence electrons. The summed E-state index contributed by atoms with van der Waals surface area (Å²) in [6, 6.07) is 4.89. The molecular weight excluding hydrogens is 354 g/mol. The molecule has 2 rings (SSSR count). The molecule has 7 nitrogen and oxygen atoms in total. The summed E-state index contributed by atoms with van der Waals surface area (Å²) in [5, 5.41) is 2.75. The monoisotopic (exact) mass is 383 g/mol. The van der Waals surface area contributed by atoms with E-state index in [2.05, 4.69) is 5.32 Å². The van der Waals surface area contributed by atoms with Gasteiger partial charge in [0.25, 0.3) is 0 Å². The SMILES string of the molecule is Cc1cc(S(=O)(=O)N2CCCC(C(=O)NCCN)C2)ccc1OC(C)C. The predicted octanol–water partition coefficient (Wildman–Crippen LogP) is 1.26. The van der Waals surface area contributed by atoms with Gasteiger partial charge in [0.2, 0.25) is 15.9 Å². The van der Waals surface area contributed by atoms with E-state index < -0.39 is 10.0 Å². The zero-order chi connectivity index (χ0) is 19.3. The van der Waals surface area contributed by atoms with Crippen molar-refractivity contribution < 1.29 is 17.9 Å². The van der Waals surface area contributed by atoms with Crippen LogP contribution in [0.3, 0.4) is 0 Å². The highest BCUT2D eigenvalue weighted by Gasteiger charge is 2.33. The van der Waals surface area contributed by atoms with E-state index in [1.807, 2.05) is 20.8 Å². The largest absolute Gasteiger partial charge is 0.491 e. The van der Waals surface area contributed by atoms with Crippen LogP contribution < -0.4 is 15.8 Å². The van der Waals surface area contributed by atoms with Crippen LogP contribution in [0.15, 0.2) is 23.1 Å². The van der Waals surface area contributed by atoms with Crippen molar-refractivity contribution in [3.63, 3.8) is 0 Å². The molecule has 0 radical (unpaired) electrons. The topological polar surface area (TPSA) is 102 Å². The van der Waals surface area contributed by atoms with Crippen molar-refractivity contribution in [3.8, 4) is 5.75 Å². The normalized spacial score (nSPS) is 18.7. The third kappa shape index (κ3) is 4.96. The number of carbonyl (C=O) groups is 1. The van der Waals surface area contributed by atoms with E-state index in [-0.39, 0.29) is 29.4 Å². The number of nitrogens with one attached hydrogen (secondary N) is 1. The van der Waals surface area contributed by atoms with Crippen molar-refractivity contribution in [2.75, 3.05) is 26.2 Å². The summed E-state index contributed by atoms with van der Waals surface area (Å²) in [6.45, 7) is 7.06. The molecule has 3 N–H and O–H groups in total. The number of sulfonamides is 1. The van der Waals surface area contributed by atoms with E-state index in [4.69, 9.17) is 10.5 Å². The fourth-order valence-corrected chi connectivity index (χ4v) is 4.64. The van der Waals surface area contributed by atoms with Crippen LogP contribution >= 0.6 is 0 Å². The highest BCUT2D eigenvalue weighted by molar-refractivity contribution is 7.89. The van der Waals surface area contributed by atoms with Crippen LogP contribution in [0.2, 0.25) is 0 Å². The van der Waals surface area contributed by atoms with Crippen LogP contribution in [0.5, 0.6) is 5.75 Å². The van der Waals surface area contributed by atoms with Gasteiger partial charge in [-0.15, -0.1) is 0 Å². The Morgan fingerprint density at radius 3 is 2.77 bits per heavy atom. The minimum Gasteiger partial charge on any atom is -0.491 e. The molecule has 0 aromatic heterocycles. The summed E-state index contributed by atoms with van der Waals surface area (Å²) in [7, 11) is -3.64. The average molecular weight is 384 g/mol. The molecule has 1 aliphatic heterocycles. The van der Waals surface area contributed by atoms with E-state index in [9.17, 15) is 13.2 Å². The van der Waals surface area contributed by atoms with Crippen molar-refractivity contribution >= 4 is 15.9 Å². The van der Waals surface area contributed by atoms with Gasteiger partial charge >= 0.3 is 0 Å². The van der Waals surface area contributed by atoms with E-state index in [0.717, 1.165) is 5.56 Å². The number of hydrogen-bond donors (Lipinski definition) is 2. The third-order valence-corrected chi connectivity index (χ3v) is 6.21. The standard InChI is InChI=1S/C18H29N3O4S/c1-13(2)25-17-7-6-16(11-14(17)3)26(23,24)21-10-4-5-15(12-21)18(22)20-9-8-19/h6-7,11,13,15H,4-5,8-10,12,19H2,1-3H3,(H,20,22). The highest BCUT2D eigenvalue weighted by atomic mass is 32.2. The maximum atomic E-state index is 13.0. The van der Waals surface area contributed by atoms with Crippen molar-refractivity contribution in [3.05, 3.63) is 23.8 Å². The molecule has 0 bridgehead atoms. The molecule has 1 atom stereocenters. The van der Waals surface area contributed by atoms with Gasteiger partial charge in [-0.05, 0) is 57.4 Å². The quantitative estimate of drug-likeness (QED) is 0.738. The van der Waals surface area contributed by atoms with Gasteiger partial charge in [-0.3, -0.25) is 4.79 Å². The van der Waals surface area contributed by atoms with Crippen LogP contribution in [0.4, 0.5) is 0 Å². The number of amides is 1. The molecule has 1 aliphatic rings. The Balaban J connectivity index is 2.16. The summed E-state index contributed by atoms with van der Waals surface area (Å²) >= 11 is 0. The average Bonchev–Trinajstić information content (AvgIpc) is 2.61. The molecule has 1 unspecified atom stereocenters. The van der Waals surface area contributed by atoms with E-state index in [0.29, 0.717) is 38.2 Å². The number of aryl methyl sites for hydroxylation is 1. The molecule has 1 aromatic rings. The molecule has 1 fully saturated rings. The van der Waals surface area contributed by atoms with Crippen LogP contribution in [-0.4, -0.2) is 50.9 Å². The van der Waals surface area contributed by atoms with Crippen molar-refractivity contribution in [1.82, 2.24) is 9.62 Å². The first kappa shape index (κ1) is 20.7. The van der Waals surface area contributed by atoms with Gasteiger partial charge in [0.05, 0.1) is 16.9 Å². The fraction of sp³-hybridized carbons (Fsp3) is 0.611. The lowest BCUT2D eigenvalue weighted by atomic mass is 9.99. The van der Waals surface area contributed by atoms with E-state index >= 15 is 0 Å². The molecule has 1 amide bonds. The maximum Gasteiger partial charge on any atom is 0.243 e. The number of piperidine rings is 1. The number of ether oxygens (including phenoxy) is 1.